The van der Waals surface area contributed by atoms with Crippen LogP contribution in [0.1, 0.15) is 33.6 Å². The molecule has 0 saturated carbocycles. The average molecular weight is 373 g/mol. The van der Waals surface area contributed by atoms with Crippen LogP contribution in [0.5, 0.6) is 5.75 Å². The zero-order valence-corrected chi connectivity index (χ0v) is 13.3. The van der Waals surface area contributed by atoms with Gasteiger partial charge in [-0.25, -0.2) is 4.79 Å². The maximum atomic E-state index is 12.4. The van der Waals surface area contributed by atoms with Crippen LogP contribution < -0.4 is 4.74 Å². The van der Waals surface area contributed by atoms with E-state index < -0.39 is 22.5 Å². The van der Waals surface area contributed by atoms with Gasteiger partial charge in [-0.15, -0.1) is 0 Å². The number of nitrogens with zero attached hydrogens (tertiary/aromatic N) is 2. The Morgan fingerprint density at radius 1 is 1.27 bits per heavy atom. The SMILES string of the molecule is COc1cc(C(=O)N2CCCC2)c([N+](=O)[O-])cc1C(=O)OBr. The summed E-state index contributed by atoms with van der Waals surface area (Å²) in [7, 11) is 1.30. The van der Waals surface area contributed by atoms with Gasteiger partial charge in [0.05, 0.1) is 12.0 Å². The van der Waals surface area contributed by atoms with E-state index in [0.717, 1.165) is 18.9 Å². The molecule has 1 amide bonds. The summed E-state index contributed by atoms with van der Waals surface area (Å²) >= 11 is 2.53. The standard InChI is InChI=1S/C13H13BrN2O6/c1-21-11-7-8(12(17)15-4-2-3-5-15)10(16(19)20)6-9(11)13(18)22-14/h6-7H,2-5H2,1H3. The first-order valence-corrected chi connectivity index (χ1v) is 7.13. The van der Waals surface area contributed by atoms with Crippen LogP contribution in [0.2, 0.25) is 0 Å². The lowest BCUT2D eigenvalue weighted by Gasteiger charge is -2.16. The van der Waals surface area contributed by atoms with Crippen molar-refractivity contribution in [1.82, 2.24) is 4.90 Å². The van der Waals surface area contributed by atoms with E-state index in [9.17, 15) is 19.7 Å². The summed E-state index contributed by atoms with van der Waals surface area (Å²) in [5, 5.41) is 11.2. The molecule has 1 fully saturated rings. The maximum Gasteiger partial charge on any atom is 0.353 e. The Morgan fingerprint density at radius 2 is 1.91 bits per heavy atom. The average Bonchev–Trinajstić information content (AvgIpc) is 3.06. The fourth-order valence-electron chi connectivity index (χ4n) is 2.35. The zero-order chi connectivity index (χ0) is 16.3. The molecular formula is C13H13BrN2O6. The largest absolute Gasteiger partial charge is 0.496 e. The summed E-state index contributed by atoms with van der Waals surface area (Å²) in [6, 6.07) is 2.20. The summed E-state index contributed by atoms with van der Waals surface area (Å²) < 4.78 is 9.43. The highest BCUT2D eigenvalue weighted by molar-refractivity contribution is 9.06. The zero-order valence-electron chi connectivity index (χ0n) is 11.7. The lowest BCUT2D eigenvalue weighted by molar-refractivity contribution is -0.385. The van der Waals surface area contributed by atoms with Gasteiger partial charge in [-0.2, -0.15) is 0 Å². The first-order valence-electron chi connectivity index (χ1n) is 6.48. The van der Waals surface area contributed by atoms with E-state index in [4.69, 9.17) is 4.74 Å². The number of carbonyl (C=O) groups excluding carboxylic acids is 2. The molecule has 1 aliphatic rings. The number of hydrogen-bond donors (Lipinski definition) is 0. The maximum absolute atomic E-state index is 12.4. The molecule has 0 aromatic heterocycles. The number of hydrogen-bond acceptors (Lipinski definition) is 6. The number of ether oxygens (including phenoxy) is 1. The molecule has 0 spiro atoms. The second-order valence-electron chi connectivity index (χ2n) is 4.69. The number of benzene rings is 1. The van der Waals surface area contributed by atoms with Crippen molar-refractivity contribution in [2.24, 2.45) is 0 Å². The Balaban J connectivity index is 2.54. The van der Waals surface area contributed by atoms with Crippen LogP contribution in [-0.4, -0.2) is 41.9 Å². The fourth-order valence-corrected chi connectivity index (χ4v) is 2.53. The van der Waals surface area contributed by atoms with Crippen LogP contribution >= 0.6 is 16.3 Å². The third-order valence-electron chi connectivity index (χ3n) is 3.43. The second kappa shape index (κ2) is 6.73. The predicted octanol–water partition coefficient (Wildman–Crippen LogP) is 2.31. The lowest BCUT2D eigenvalue weighted by Crippen LogP contribution is -2.28. The van der Waals surface area contributed by atoms with Gasteiger partial charge in [-0.05, 0) is 12.8 Å². The molecule has 0 atom stereocenters. The van der Waals surface area contributed by atoms with Crippen LogP contribution in [0.15, 0.2) is 12.1 Å². The number of amides is 1. The van der Waals surface area contributed by atoms with Gasteiger partial charge in [-0.1, -0.05) is 0 Å². The molecule has 0 aliphatic carbocycles. The van der Waals surface area contributed by atoms with Crippen molar-refractivity contribution in [3.05, 3.63) is 33.4 Å². The molecule has 1 heterocycles. The van der Waals surface area contributed by atoms with Gasteiger partial charge >= 0.3 is 5.97 Å². The van der Waals surface area contributed by atoms with Crippen LogP contribution in [0.25, 0.3) is 0 Å². The minimum atomic E-state index is -0.847. The Labute approximate surface area is 134 Å². The molecule has 0 unspecified atom stereocenters. The number of rotatable bonds is 4. The molecule has 2 rings (SSSR count). The summed E-state index contributed by atoms with van der Waals surface area (Å²) in [6.45, 7) is 1.12. The normalized spacial score (nSPS) is 13.8. The van der Waals surface area contributed by atoms with Gasteiger partial charge in [0.15, 0.2) is 16.3 Å². The first-order chi connectivity index (χ1) is 10.5. The molecular weight excluding hydrogens is 360 g/mol. The van der Waals surface area contributed by atoms with Gasteiger partial charge in [0.1, 0.15) is 16.9 Å². The van der Waals surface area contributed by atoms with Gasteiger partial charge < -0.3 is 13.5 Å². The fraction of sp³-hybridized carbons (Fsp3) is 0.385. The van der Waals surface area contributed by atoms with Crippen molar-refractivity contribution in [2.75, 3.05) is 20.2 Å². The van der Waals surface area contributed by atoms with Crippen LogP contribution in [0.3, 0.4) is 0 Å². The quantitative estimate of drug-likeness (QED) is 0.593. The Morgan fingerprint density at radius 3 is 2.41 bits per heavy atom. The summed E-state index contributed by atoms with van der Waals surface area (Å²) in [4.78, 5) is 36.1. The van der Waals surface area contributed by atoms with E-state index in [2.05, 4.69) is 20.1 Å². The third-order valence-corrected chi connectivity index (χ3v) is 3.72. The van der Waals surface area contributed by atoms with Crippen LogP contribution in [0, 0.1) is 10.1 Å². The van der Waals surface area contributed by atoms with E-state index in [1.54, 1.807) is 4.90 Å². The van der Waals surface area contributed by atoms with Gasteiger partial charge in [-0.3, -0.25) is 14.9 Å². The van der Waals surface area contributed by atoms with Crippen molar-refractivity contribution < 1.29 is 23.1 Å². The Hall–Kier alpha value is -2.16. The molecule has 118 valence electrons. The minimum Gasteiger partial charge on any atom is -0.496 e. The Bertz CT molecular complexity index is 627. The van der Waals surface area contributed by atoms with Crippen LogP contribution in [0.4, 0.5) is 5.69 Å². The molecule has 1 aliphatic heterocycles. The first kappa shape index (κ1) is 16.2. The van der Waals surface area contributed by atoms with E-state index in [1.165, 1.54) is 13.2 Å². The summed E-state index contributed by atoms with van der Waals surface area (Å²) in [5.41, 5.74) is -0.690. The van der Waals surface area contributed by atoms with Crippen molar-refractivity contribution in [2.45, 2.75) is 12.8 Å². The van der Waals surface area contributed by atoms with Crippen molar-refractivity contribution in [3.8, 4) is 5.75 Å². The molecule has 1 saturated heterocycles. The topological polar surface area (TPSA) is 99.0 Å². The third kappa shape index (κ3) is 3.03. The monoisotopic (exact) mass is 372 g/mol. The van der Waals surface area contributed by atoms with Crippen molar-refractivity contribution in [1.29, 1.82) is 0 Å². The number of carbonyl (C=O) groups is 2. The molecule has 22 heavy (non-hydrogen) atoms. The van der Waals surface area contributed by atoms with E-state index in [-0.39, 0.29) is 16.9 Å². The predicted molar refractivity (Wildman–Crippen MR) is 79.1 cm³/mol. The van der Waals surface area contributed by atoms with Gasteiger partial charge in [0.25, 0.3) is 11.6 Å². The number of likely N-dealkylation sites (tertiary alicyclic amines) is 1. The molecule has 0 N–H and O–H groups in total. The minimum absolute atomic E-state index is 0.0394. The molecule has 1 aromatic carbocycles. The summed E-state index contributed by atoms with van der Waals surface area (Å²) in [6.07, 6.45) is 1.73. The number of nitro groups is 1. The lowest BCUT2D eigenvalue weighted by atomic mass is 10.1. The molecule has 1 aromatic rings. The summed E-state index contributed by atoms with van der Waals surface area (Å²) in [5.74, 6) is -1.25. The van der Waals surface area contributed by atoms with Crippen molar-refractivity contribution in [3.63, 3.8) is 0 Å². The van der Waals surface area contributed by atoms with Crippen molar-refractivity contribution >= 4 is 33.8 Å². The molecule has 0 radical (unpaired) electrons. The van der Waals surface area contributed by atoms with Gasteiger partial charge in [0.2, 0.25) is 0 Å². The van der Waals surface area contributed by atoms with Crippen LogP contribution in [-0.2, 0) is 3.83 Å². The van der Waals surface area contributed by atoms with E-state index >= 15 is 0 Å². The van der Waals surface area contributed by atoms with E-state index in [1.807, 2.05) is 0 Å². The highest BCUT2D eigenvalue weighted by Gasteiger charge is 2.30. The molecule has 9 heteroatoms. The highest BCUT2D eigenvalue weighted by atomic mass is 79.9. The molecule has 0 bridgehead atoms. The number of nitro benzene ring substituents is 1. The second-order valence-corrected chi connectivity index (χ2v) is 5.01. The van der Waals surface area contributed by atoms with E-state index in [0.29, 0.717) is 13.1 Å². The smallest absolute Gasteiger partial charge is 0.353 e. The molecule has 8 nitrogen and oxygen atoms in total. The highest BCUT2D eigenvalue weighted by Crippen LogP contribution is 2.31. The number of halogens is 1. The Kier molecular flexibility index (Phi) is 4.96. The number of methoxy groups -OCH3 is 1. The van der Waals surface area contributed by atoms with Gasteiger partial charge in [0, 0.05) is 25.2 Å².